The van der Waals surface area contributed by atoms with Gasteiger partial charge in [0.05, 0.1) is 23.4 Å². The molecule has 4 aliphatic rings. The summed E-state index contributed by atoms with van der Waals surface area (Å²) in [4.78, 5) is 27.5. The van der Waals surface area contributed by atoms with Crippen molar-refractivity contribution in [2.24, 2.45) is 5.92 Å². The van der Waals surface area contributed by atoms with Gasteiger partial charge >= 0.3 is 12.2 Å². The zero-order valence-corrected chi connectivity index (χ0v) is 39.8. The van der Waals surface area contributed by atoms with Crippen LogP contribution in [0.15, 0.2) is 53.3 Å². The number of likely N-dealkylation sites (tertiary alicyclic amines) is 2. The standard InChI is InChI=1S/C23H32ClN3O3.C12H12BrClN2O.C11H19NO2.CH4/c1-23(2,3)30-22(28)26-9-7-16(8-10-26)12-17-13-18(24)14-20-19(17)15-25-27(20)21-6-4-5-11-29-21;13-10-5-8(14)6-11-9(10)7-15-16(11)12-3-1-2-4-17-12;1-9-5-7-12(8-6-9)10(13)14-11(2,3)4;/h13-16,21H,4-12H2,1-3H3;5-7,12H,1-4H2;1,5-8H2,2-4H3;1H4. The summed E-state index contributed by atoms with van der Waals surface area (Å²) in [5.74, 6) is 0.514. The summed E-state index contributed by atoms with van der Waals surface area (Å²) in [6.07, 6.45) is 14.7. The van der Waals surface area contributed by atoms with Gasteiger partial charge in [-0.3, -0.25) is 0 Å². The minimum atomic E-state index is -0.456. The maximum atomic E-state index is 12.3. The Kier molecular flexibility index (Phi) is 17.6. The molecule has 15 heteroatoms. The number of aromatic nitrogens is 4. The number of nitrogens with zero attached hydrogens (tertiary/aromatic N) is 6. The zero-order chi connectivity index (χ0) is 43.9. The second-order valence-electron chi connectivity index (χ2n) is 18.5. The highest BCUT2D eigenvalue weighted by Gasteiger charge is 2.29. The molecule has 342 valence electrons. The number of hydrogen-bond acceptors (Lipinski definition) is 8. The molecule has 4 saturated heterocycles. The van der Waals surface area contributed by atoms with Crippen molar-refractivity contribution in [3.63, 3.8) is 0 Å². The first-order valence-electron chi connectivity index (χ1n) is 21.8. The smallest absolute Gasteiger partial charge is 0.410 e. The second-order valence-corrected chi connectivity index (χ2v) is 20.2. The van der Waals surface area contributed by atoms with E-state index in [1.54, 1.807) is 4.90 Å². The lowest BCUT2D eigenvalue weighted by atomic mass is 9.89. The number of carbonyl (C=O) groups excluding carboxylic acids is 2. The summed E-state index contributed by atoms with van der Waals surface area (Å²) in [6.45, 7) is 19.8. The topological polar surface area (TPSA) is 113 Å². The maximum Gasteiger partial charge on any atom is 0.410 e. The Morgan fingerprint density at radius 2 is 1.19 bits per heavy atom. The number of fused-ring (bicyclic) bond motifs is 2. The maximum absolute atomic E-state index is 12.3. The molecule has 0 bridgehead atoms. The quantitative estimate of drug-likeness (QED) is 0.186. The lowest BCUT2D eigenvalue weighted by Crippen LogP contribution is -2.42. The van der Waals surface area contributed by atoms with Crippen LogP contribution < -0.4 is 0 Å². The van der Waals surface area contributed by atoms with Gasteiger partial charge in [-0.05, 0) is 164 Å². The summed E-state index contributed by atoms with van der Waals surface area (Å²) >= 11 is 16.1. The van der Waals surface area contributed by atoms with E-state index in [2.05, 4.69) is 38.8 Å². The lowest BCUT2D eigenvalue weighted by Gasteiger charge is -2.33. The first-order chi connectivity index (χ1) is 28.9. The van der Waals surface area contributed by atoms with Gasteiger partial charge in [-0.25, -0.2) is 19.0 Å². The Morgan fingerprint density at radius 3 is 1.68 bits per heavy atom. The third-order valence-corrected chi connectivity index (χ3v) is 12.2. The Hall–Kier alpha value is -3.36. The van der Waals surface area contributed by atoms with Crippen LogP contribution in [0, 0.1) is 5.92 Å². The number of rotatable bonds is 4. The van der Waals surface area contributed by atoms with Crippen LogP contribution in [0.5, 0.6) is 0 Å². The summed E-state index contributed by atoms with van der Waals surface area (Å²) in [6, 6.07) is 7.89. The van der Waals surface area contributed by atoms with E-state index in [1.165, 1.54) is 17.6 Å². The van der Waals surface area contributed by atoms with Crippen LogP contribution in [0.1, 0.15) is 131 Å². The molecule has 0 radical (unpaired) electrons. The molecule has 4 aliphatic heterocycles. The van der Waals surface area contributed by atoms with Crippen molar-refractivity contribution in [1.29, 1.82) is 0 Å². The Morgan fingerprint density at radius 1 is 0.726 bits per heavy atom. The van der Waals surface area contributed by atoms with Gasteiger partial charge in [-0.15, -0.1) is 0 Å². The van der Waals surface area contributed by atoms with Gasteiger partial charge in [0.15, 0.2) is 12.5 Å². The fourth-order valence-corrected chi connectivity index (χ4v) is 9.13. The fourth-order valence-electron chi connectivity index (χ4n) is 8.00. The second kappa shape index (κ2) is 22.0. The molecule has 2 aromatic carbocycles. The molecule has 2 aromatic heterocycles. The van der Waals surface area contributed by atoms with Gasteiger partial charge in [0.25, 0.3) is 0 Å². The molecule has 12 nitrogen and oxygen atoms in total. The molecule has 6 heterocycles. The lowest BCUT2D eigenvalue weighted by molar-refractivity contribution is -0.0367. The van der Waals surface area contributed by atoms with E-state index in [9.17, 15) is 9.59 Å². The average Bonchev–Trinajstić information content (AvgIpc) is 3.83. The molecular formula is C47H67BrCl2N6O6. The van der Waals surface area contributed by atoms with Crippen LogP contribution in [-0.2, 0) is 25.4 Å². The Labute approximate surface area is 386 Å². The van der Waals surface area contributed by atoms with Crippen LogP contribution in [0.25, 0.3) is 21.8 Å². The number of piperidine rings is 2. The molecule has 4 aromatic rings. The summed E-state index contributed by atoms with van der Waals surface area (Å²) < 4.78 is 27.4. The average molecular weight is 963 g/mol. The molecule has 0 spiro atoms. The van der Waals surface area contributed by atoms with Gasteiger partial charge in [-0.1, -0.05) is 42.8 Å². The normalized spacial score (nSPS) is 20.1. The van der Waals surface area contributed by atoms with Gasteiger partial charge in [0, 0.05) is 64.7 Å². The predicted molar refractivity (Wildman–Crippen MR) is 252 cm³/mol. The van der Waals surface area contributed by atoms with Crippen LogP contribution >= 0.6 is 39.1 Å². The minimum absolute atomic E-state index is 0. The van der Waals surface area contributed by atoms with Crippen LogP contribution in [0.3, 0.4) is 0 Å². The minimum Gasteiger partial charge on any atom is -0.444 e. The molecule has 2 unspecified atom stereocenters. The highest BCUT2D eigenvalue weighted by atomic mass is 79.9. The number of amides is 2. The van der Waals surface area contributed by atoms with Crippen LogP contribution in [0.2, 0.25) is 10.0 Å². The summed E-state index contributed by atoms with van der Waals surface area (Å²) in [5, 5.41) is 12.7. The molecule has 0 saturated carbocycles. The summed E-state index contributed by atoms with van der Waals surface area (Å²) in [5.41, 5.74) is 3.68. The third-order valence-electron chi connectivity index (χ3n) is 11.2. The molecule has 8 rings (SSSR count). The molecule has 62 heavy (non-hydrogen) atoms. The van der Waals surface area contributed by atoms with Crippen LogP contribution in [-0.4, -0.2) is 92.1 Å². The molecule has 0 N–H and O–H groups in total. The van der Waals surface area contributed by atoms with E-state index in [1.807, 2.05) is 86.4 Å². The highest BCUT2D eigenvalue weighted by Crippen LogP contribution is 2.34. The first kappa shape index (κ1) is 49.7. The monoisotopic (exact) mass is 960 g/mol. The third kappa shape index (κ3) is 13.8. The first-order valence-corrected chi connectivity index (χ1v) is 23.3. The molecular weight excluding hydrogens is 895 g/mol. The van der Waals surface area contributed by atoms with Crippen molar-refractivity contribution in [3.05, 3.63) is 68.9 Å². The van der Waals surface area contributed by atoms with E-state index < -0.39 is 11.2 Å². The van der Waals surface area contributed by atoms with Gasteiger partial charge in [0.1, 0.15) is 11.2 Å². The van der Waals surface area contributed by atoms with Crippen molar-refractivity contribution in [2.45, 2.75) is 143 Å². The van der Waals surface area contributed by atoms with Crippen molar-refractivity contribution in [2.75, 3.05) is 39.4 Å². The fraction of sp³-hybridized carbons (Fsp3) is 0.617. The molecule has 4 fully saturated rings. The number of halogens is 3. The SMILES string of the molecule is C.C=C1CCN(C(=O)OC(C)(C)C)CC1.CC(C)(C)OC(=O)N1CCC(Cc2cc(Cl)cc3c2cnn3C2CCCCO2)CC1.Clc1cc(Br)c2cnn(C3CCCCO3)c2c1. The number of carbonyl (C=O) groups is 2. The zero-order valence-electron chi connectivity index (χ0n) is 36.7. The van der Waals surface area contributed by atoms with Crippen LogP contribution in [0.4, 0.5) is 9.59 Å². The molecule has 2 amide bonds. The molecule has 2 atom stereocenters. The number of benzene rings is 2. The van der Waals surface area contributed by atoms with E-state index in [0.717, 1.165) is 135 Å². The largest absolute Gasteiger partial charge is 0.444 e. The predicted octanol–water partition coefficient (Wildman–Crippen LogP) is 12.9. The van der Waals surface area contributed by atoms with Crippen molar-refractivity contribution in [3.8, 4) is 0 Å². The van der Waals surface area contributed by atoms with Crippen molar-refractivity contribution < 1.29 is 28.5 Å². The number of ether oxygens (including phenoxy) is 4. The van der Waals surface area contributed by atoms with E-state index in [-0.39, 0.29) is 32.1 Å². The molecule has 0 aliphatic carbocycles. The van der Waals surface area contributed by atoms with Gasteiger partial charge < -0.3 is 28.7 Å². The van der Waals surface area contributed by atoms with E-state index in [0.29, 0.717) is 10.9 Å². The Bertz CT molecular complexity index is 2110. The number of hydrogen-bond donors (Lipinski definition) is 0. The van der Waals surface area contributed by atoms with Crippen molar-refractivity contribution >= 4 is 73.1 Å². The van der Waals surface area contributed by atoms with Gasteiger partial charge in [0.2, 0.25) is 0 Å². The van der Waals surface area contributed by atoms with E-state index >= 15 is 0 Å². The highest BCUT2D eigenvalue weighted by molar-refractivity contribution is 9.10. The summed E-state index contributed by atoms with van der Waals surface area (Å²) in [7, 11) is 0. The van der Waals surface area contributed by atoms with Gasteiger partial charge in [-0.2, -0.15) is 10.2 Å². The Balaban J connectivity index is 0.000000192. The van der Waals surface area contributed by atoms with E-state index in [4.69, 9.17) is 42.1 Å². The van der Waals surface area contributed by atoms with Crippen molar-refractivity contribution in [1.82, 2.24) is 29.4 Å².